The van der Waals surface area contributed by atoms with Gasteiger partial charge in [0.15, 0.2) is 0 Å². The van der Waals surface area contributed by atoms with E-state index in [1.54, 1.807) is 11.1 Å². The van der Waals surface area contributed by atoms with Crippen molar-refractivity contribution >= 4 is 0 Å². The summed E-state index contributed by atoms with van der Waals surface area (Å²) in [5.74, 6) is 0. The lowest BCUT2D eigenvalue weighted by atomic mass is 9.90. The summed E-state index contributed by atoms with van der Waals surface area (Å²) in [6, 6.07) is 7.07. The summed E-state index contributed by atoms with van der Waals surface area (Å²) in [6.45, 7) is 2.04. The second-order valence-corrected chi connectivity index (χ2v) is 6.10. The van der Waals surface area contributed by atoms with Gasteiger partial charge >= 0.3 is 0 Å². The molecule has 3 rings (SSSR count). The predicted molar refractivity (Wildman–Crippen MR) is 75.8 cm³/mol. The fraction of sp³-hybridized carbons (Fsp3) is 0.625. The predicted octanol–water partition coefficient (Wildman–Crippen LogP) is 2.19. The van der Waals surface area contributed by atoms with Gasteiger partial charge in [0.2, 0.25) is 0 Å². The molecular weight excluding hydrogens is 220 g/mol. The number of nitrogens with two attached hydrogens (primary N) is 1. The van der Waals surface area contributed by atoms with Gasteiger partial charge in [-0.1, -0.05) is 18.2 Å². The van der Waals surface area contributed by atoms with E-state index in [1.165, 1.54) is 44.1 Å². The zero-order chi connectivity index (χ0) is 12.4. The fourth-order valence-electron chi connectivity index (χ4n) is 2.85. The monoisotopic (exact) mass is 244 g/mol. The number of hydrogen-bond acceptors (Lipinski definition) is 2. The number of rotatable bonds is 5. The molecule has 2 aliphatic rings. The number of nitrogens with one attached hydrogen (secondary N) is 1. The third-order valence-electron chi connectivity index (χ3n) is 4.37. The molecule has 18 heavy (non-hydrogen) atoms. The van der Waals surface area contributed by atoms with Gasteiger partial charge in [-0.3, -0.25) is 0 Å². The molecule has 1 fully saturated rings. The standard InChI is InChI=1S/C16H24N2/c17-16(8-9-16)12-18-10-7-13-5-6-14-3-1-2-4-15(14)11-13/h5-6,11,18H,1-4,7-10,12,17H2. The molecule has 0 bridgehead atoms. The highest BCUT2D eigenvalue weighted by molar-refractivity contribution is 5.33. The Balaban J connectivity index is 1.50. The molecule has 0 aliphatic heterocycles. The highest BCUT2D eigenvalue weighted by Gasteiger charge is 2.37. The topological polar surface area (TPSA) is 38.0 Å². The summed E-state index contributed by atoms with van der Waals surface area (Å²) in [6.07, 6.45) is 8.81. The molecule has 0 heterocycles. The summed E-state index contributed by atoms with van der Waals surface area (Å²) >= 11 is 0. The SMILES string of the molecule is NC1(CNCCc2ccc3c(c2)CCCC3)CC1. The Morgan fingerprint density at radius 2 is 1.89 bits per heavy atom. The van der Waals surface area contributed by atoms with E-state index >= 15 is 0 Å². The number of fused-ring (bicyclic) bond motifs is 1. The first-order valence-corrected chi connectivity index (χ1v) is 7.36. The molecule has 0 unspecified atom stereocenters. The fourth-order valence-corrected chi connectivity index (χ4v) is 2.85. The molecule has 2 nitrogen and oxygen atoms in total. The van der Waals surface area contributed by atoms with E-state index < -0.39 is 0 Å². The molecule has 0 saturated heterocycles. The van der Waals surface area contributed by atoms with Crippen LogP contribution in [0.15, 0.2) is 18.2 Å². The van der Waals surface area contributed by atoms with Crippen molar-refractivity contribution in [2.45, 2.75) is 50.5 Å². The quantitative estimate of drug-likeness (QED) is 0.779. The summed E-state index contributed by atoms with van der Waals surface area (Å²) in [5, 5.41) is 3.49. The van der Waals surface area contributed by atoms with Gasteiger partial charge in [-0.05, 0) is 68.2 Å². The Labute approximate surface area is 110 Å². The van der Waals surface area contributed by atoms with E-state index in [2.05, 4.69) is 23.5 Å². The van der Waals surface area contributed by atoms with E-state index in [0.717, 1.165) is 19.5 Å². The number of hydrogen-bond donors (Lipinski definition) is 2. The Kier molecular flexibility index (Phi) is 3.40. The molecule has 1 aromatic carbocycles. The van der Waals surface area contributed by atoms with Gasteiger partial charge < -0.3 is 11.1 Å². The van der Waals surface area contributed by atoms with Crippen LogP contribution in [0.2, 0.25) is 0 Å². The van der Waals surface area contributed by atoms with Gasteiger partial charge in [0.1, 0.15) is 0 Å². The average molecular weight is 244 g/mol. The molecule has 98 valence electrons. The van der Waals surface area contributed by atoms with Gasteiger partial charge in [-0.2, -0.15) is 0 Å². The summed E-state index contributed by atoms with van der Waals surface area (Å²) in [7, 11) is 0. The summed E-state index contributed by atoms with van der Waals surface area (Å²) < 4.78 is 0. The van der Waals surface area contributed by atoms with Crippen molar-refractivity contribution in [3.05, 3.63) is 34.9 Å². The van der Waals surface area contributed by atoms with E-state index in [1.807, 2.05) is 0 Å². The van der Waals surface area contributed by atoms with Crippen LogP contribution in [0.5, 0.6) is 0 Å². The molecule has 1 aromatic rings. The minimum Gasteiger partial charge on any atom is -0.324 e. The van der Waals surface area contributed by atoms with Crippen molar-refractivity contribution < 1.29 is 0 Å². The number of benzene rings is 1. The zero-order valence-corrected chi connectivity index (χ0v) is 11.2. The van der Waals surface area contributed by atoms with Crippen LogP contribution in [0.1, 0.15) is 42.4 Å². The molecule has 0 aromatic heterocycles. The Hall–Kier alpha value is -0.860. The first-order valence-electron chi connectivity index (χ1n) is 7.36. The van der Waals surface area contributed by atoms with Crippen molar-refractivity contribution in [3.63, 3.8) is 0 Å². The highest BCUT2D eigenvalue weighted by atomic mass is 15.0. The zero-order valence-electron chi connectivity index (χ0n) is 11.2. The van der Waals surface area contributed by atoms with Crippen molar-refractivity contribution in [3.8, 4) is 0 Å². The third-order valence-corrected chi connectivity index (χ3v) is 4.37. The maximum Gasteiger partial charge on any atom is 0.0282 e. The van der Waals surface area contributed by atoms with Gasteiger partial charge in [0.25, 0.3) is 0 Å². The van der Waals surface area contributed by atoms with Crippen molar-refractivity contribution in [2.75, 3.05) is 13.1 Å². The van der Waals surface area contributed by atoms with Crippen LogP contribution in [-0.4, -0.2) is 18.6 Å². The third kappa shape index (κ3) is 2.93. The van der Waals surface area contributed by atoms with E-state index in [0.29, 0.717) is 0 Å². The van der Waals surface area contributed by atoms with Crippen molar-refractivity contribution in [2.24, 2.45) is 5.73 Å². The Morgan fingerprint density at radius 1 is 1.11 bits per heavy atom. The second kappa shape index (κ2) is 5.02. The van der Waals surface area contributed by atoms with Crippen molar-refractivity contribution in [1.82, 2.24) is 5.32 Å². The molecule has 0 spiro atoms. The van der Waals surface area contributed by atoms with Crippen LogP contribution in [0.3, 0.4) is 0 Å². The largest absolute Gasteiger partial charge is 0.324 e. The molecule has 0 radical (unpaired) electrons. The molecule has 0 amide bonds. The summed E-state index contributed by atoms with van der Waals surface area (Å²) in [5.41, 5.74) is 10.8. The molecule has 0 atom stereocenters. The summed E-state index contributed by atoms with van der Waals surface area (Å²) in [4.78, 5) is 0. The first kappa shape index (κ1) is 12.2. The maximum atomic E-state index is 6.05. The molecule has 1 saturated carbocycles. The lowest BCUT2D eigenvalue weighted by molar-refractivity contribution is 0.570. The van der Waals surface area contributed by atoms with Gasteiger partial charge in [0, 0.05) is 12.1 Å². The normalized spacial score (nSPS) is 20.5. The van der Waals surface area contributed by atoms with Crippen LogP contribution < -0.4 is 11.1 Å². The van der Waals surface area contributed by atoms with Crippen molar-refractivity contribution in [1.29, 1.82) is 0 Å². The van der Waals surface area contributed by atoms with E-state index in [-0.39, 0.29) is 5.54 Å². The minimum atomic E-state index is 0.135. The molecule has 2 aliphatic carbocycles. The van der Waals surface area contributed by atoms with Crippen LogP contribution in [0.25, 0.3) is 0 Å². The minimum absolute atomic E-state index is 0.135. The van der Waals surface area contributed by atoms with E-state index in [9.17, 15) is 0 Å². The van der Waals surface area contributed by atoms with Gasteiger partial charge in [-0.15, -0.1) is 0 Å². The van der Waals surface area contributed by atoms with Crippen LogP contribution in [0.4, 0.5) is 0 Å². The molecule has 2 heteroatoms. The molecule has 3 N–H and O–H groups in total. The van der Waals surface area contributed by atoms with Crippen LogP contribution in [0, 0.1) is 0 Å². The van der Waals surface area contributed by atoms with Gasteiger partial charge in [-0.25, -0.2) is 0 Å². The number of aryl methyl sites for hydroxylation is 2. The highest BCUT2D eigenvalue weighted by Crippen LogP contribution is 2.30. The molecular formula is C16H24N2. The average Bonchev–Trinajstić information content (AvgIpc) is 3.13. The lowest BCUT2D eigenvalue weighted by Gasteiger charge is -2.17. The van der Waals surface area contributed by atoms with E-state index in [4.69, 9.17) is 5.73 Å². The smallest absolute Gasteiger partial charge is 0.0282 e. The Bertz CT molecular complexity index is 421. The Morgan fingerprint density at radius 3 is 2.67 bits per heavy atom. The second-order valence-electron chi connectivity index (χ2n) is 6.10. The van der Waals surface area contributed by atoms with Crippen LogP contribution in [-0.2, 0) is 19.3 Å². The first-order chi connectivity index (χ1) is 8.75. The van der Waals surface area contributed by atoms with Crippen LogP contribution >= 0.6 is 0 Å². The maximum absolute atomic E-state index is 6.05. The lowest BCUT2D eigenvalue weighted by Crippen LogP contribution is -2.36. The van der Waals surface area contributed by atoms with Gasteiger partial charge in [0.05, 0.1) is 0 Å².